The molecule has 1 amide bonds. The van der Waals surface area contributed by atoms with E-state index in [2.05, 4.69) is 17.4 Å². The Morgan fingerprint density at radius 3 is 2.09 bits per heavy atom. The molecule has 3 aromatic rings. The summed E-state index contributed by atoms with van der Waals surface area (Å²) in [5.41, 5.74) is 8.09. The van der Waals surface area contributed by atoms with Crippen molar-refractivity contribution in [2.75, 3.05) is 12.4 Å². The van der Waals surface area contributed by atoms with Crippen molar-refractivity contribution < 1.29 is 19.4 Å². The van der Waals surface area contributed by atoms with Crippen LogP contribution in [-0.2, 0) is 15.3 Å². The first-order valence-corrected chi connectivity index (χ1v) is 12.1. The molecule has 0 fully saturated rings. The van der Waals surface area contributed by atoms with Crippen molar-refractivity contribution in [3.63, 3.8) is 0 Å². The zero-order valence-corrected chi connectivity index (χ0v) is 19.5. The third kappa shape index (κ3) is 5.06. The molecule has 0 saturated carbocycles. The van der Waals surface area contributed by atoms with Crippen molar-refractivity contribution >= 4 is 23.8 Å². The number of benzene rings is 3. The molecular weight excluding hydrogens is 434 g/mol. The van der Waals surface area contributed by atoms with E-state index in [9.17, 15) is 14.7 Å². The second kappa shape index (κ2) is 10.1. The lowest BCUT2D eigenvalue weighted by Crippen LogP contribution is -2.43. The molecule has 1 aliphatic carbocycles. The summed E-state index contributed by atoms with van der Waals surface area (Å²) in [5.74, 6) is -0.190. The van der Waals surface area contributed by atoms with Crippen LogP contribution in [0.15, 0.2) is 66.7 Å². The van der Waals surface area contributed by atoms with Crippen molar-refractivity contribution in [3.05, 3.63) is 94.5 Å². The lowest BCUT2D eigenvalue weighted by molar-refractivity contribution is -0.138. The fourth-order valence-corrected chi connectivity index (χ4v) is 5.55. The van der Waals surface area contributed by atoms with Gasteiger partial charge in [0.2, 0.25) is 0 Å². The van der Waals surface area contributed by atoms with E-state index in [1.165, 1.54) is 28.5 Å². The van der Waals surface area contributed by atoms with Gasteiger partial charge >= 0.3 is 12.1 Å². The highest BCUT2D eigenvalue weighted by Crippen LogP contribution is 2.44. The predicted octanol–water partition coefficient (Wildman–Crippen LogP) is 5.53. The van der Waals surface area contributed by atoms with E-state index in [0.29, 0.717) is 5.75 Å². The van der Waals surface area contributed by atoms with Gasteiger partial charge in [-0.15, -0.1) is 0 Å². The van der Waals surface area contributed by atoms with Gasteiger partial charge in [0.05, 0.1) is 0 Å². The maximum absolute atomic E-state index is 12.5. The highest BCUT2D eigenvalue weighted by molar-refractivity contribution is 7.98. The molecule has 1 unspecified atom stereocenters. The van der Waals surface area contributed by atoms with Gasteiger partial charge in [-0.05, 0) is 52.8 Å². The monoisotopic (exact) mass is 461 g/mol. The second-order valence-electron chi connectivity index (χ2n) is 8.25. The topological polar surface area (TPSA) is 75.6 Å². The first kappa shape index (κ1) is 22.9. The SMILES string of the molecule is Cc1cccc(C)c1CSCC(NC(=O)OCC1c2ccccc2-c2ccccc21)C(=O)O. The molecule has 0 aromatic heterocycles. The van der Waals surface area contributed by atoms with Crippen LogP contribution < -0.4 is 5.32 Å². The maximum atomic E-state index is 12.5. The Bertz CT molecular complexity index is 1110. The third-order valence-electron chi connectivity index (χ3n) is 6.11. The van der Waals surface area contributed by atoms with Gasteiger partial charge in [0, 0.05) is 17.4 Å². The highest BCUT2D eigenvalue weighted by atomic mass is 32.2. The molecule has 4 rings (SSSR count). The summed E-state index contributed by atoms with van der Waals surface area (Å²) in [7, 11) is 0. The largest absolute Gasteiger partial charge is 0.480 e. The summed E-state index contributed by atoms with van der Waals surface area (Å²) in [5, 5.41) is 12.1. The number of carbonyl (C=O) groups excluding carboxylic acids is 1. The Balaban J connectivity index is 1.35. The third-order valence-corrected chi connectivity index (χ3v) is 7.17. The summed E-state index contributed by atoms with van der Waals surface area (Å²) in [4.78, 5) is 24.2. The molecule has 2 N–H and O–H groups in total. The van der Waals surface area contributed by atoms with Crippen LogP contribution in [0.25, 0.3) is 11.1 Å². The summed E-state index contributed by atoms with van der Waals surface area (Å²) < 4.78 is 5.50. The first-order valence-electron chi connectivity index (χ1n) is 10.9. The Morgan fingerprint density at radius 2 is 1.52 bits per heavy atom. The van der Waals surface area contributed by atoms with Crippen molar-refractivity contribution in [2.24, 2.45) is 0 Å². The van der Waals surface area contributed by atoms with Crippen LogP contribution >= 0.6 is 11.8 Å². The molecule has 0 aliphatic heterocycles. The number of aliphatic carboxylic acids is 1. The average molecular weight is 462 g/mol. The van der Waals surface area contributed by atoms with Crippen LogP contribution in [-0.4, -0.2) is 35.6 Å². The standard InChI is InChI=1S/C27H27NO4S/c1-17-8-7-9-18(2)24(17)15-33-16-25(26(29)30)28-27(31)32-14-23-21-12-5-3-10-19(21)20-11-4-6-13-22(20)23/h3-13,23,25H,14-16H2,1-2H3,(H,28,31)(H,29,30). The molecule has 1 atom stereocenters. The molecule has 33 heavy (non-hydrogen) atoms. The molecular formula is C27H27NO4S. The van der Waals surface area contributed by atoms with Crippen molar-refractivity contribution in [2.45, 2.75) is 31.6 Å². The smallest absolute Gasteiger partial charge is 0.407 e. The molecule has 0 heterocycles. The molecule has 170 valence electrons. The first-order chi connectivity index (χ1) is 16.0. The van der Waals surface area contributed by atoms with Gasteiger partial charge in [-0.2, -0.15) is 11.8 Å². The predicted molar refractivity (Wildman–Crippen MR) is 132 cm³/mol. The number of hydrogen-bond donors (Lipinski definition) is 2. The number of carboxylic acid groups (broad SMARTS) is 1. The minimum Gasteiger partial charge on any atom is -0.480 e. The molecule has 6 heteroatoms. The number of fused-ring (bicyclic) bond motifs is 3. The van der Waals surface area contributed by atoms with Crippen LogP contribution in [0.3, 0.4) is 0 Å². The number of hydrogen-bond acceptors (Lipinski definition) is 4. The number of thioether (sulfide) groups is 1. The summed E-state index contributed by atoms with van der Waals surface area (Å²) in [6, 6.07) is 21.3. The molecule has 0 spiro atoms. The van der Waals surface area contributed by atoms with Crippen molar-refractivity contribution in [1.82, 2.24) is 5.32 Å². The maximum Gasteiger partial charge on any atom is 0.407 e. The fourth-order valence-electron chi connectivity index (χ4n) is 4.31. The van der Waals surface area contributed by atoms with Gasteiger partial charge in [-0.1, -0.05) is 66.7 Å². The van der Waals surface area contributed by atoms with Crippen LogP contribution in [0.5, 0.6) is 0 Å². The molecule has 0 bridgehead atoms. The Labute approximate surface area is 198 Å². The Kier molecular flexibility index (Phi) is 7.04. The minimum atomic E-state index is -1.07. The molecule has 1 aliphatic rings. The van der Waals surface area contributed by atoms with E-state index < -0.39 is 18.1 Å². The minimum absolute atomic E-state index is 0.0650. The van der Waals surface area contributed by atoms with Crippen LogP contribution in [0.1, 0.15) is 33.7 Å². The normalized spacial score (nSPS) is 13.2. The van der Waals surface area contributed by atoms with Crippen LogP contribution in [0, 0.1) is 13.8 Å². The van der Waals surface area contributed by atoms with E-state index in [-0.39, 0.29) is 18.3 Å². The summed E-state index contributed by atoms with van der Waals surface area (Å²) in [6.45, 7) is 4.25. The van der Waals surface area contributed by atoms with Gasteiger partial charge in [0.25, 0.3) is 0 Å². The number of aryl methyl sites for hydroxylation is 2. The average Bonchev–Trinajstić information content (AvgIpc) is 3.12. The van der Waals surface area contributed by atoms with Gasteiger partial charge in [-0.25, -0.2) is 9.59 Å². The van der Waals surface area contributed by atoms with Crippen molar-refractivity contribution in [1.29, 1.82) is 0 Å². The number of carbonyl (C=O) groups is 2. The second-order valence-corrected chi connectivity index (χ2v) is 9.28. The zero-order valence-electron chi connectivity index (χ0n) is 18.7. The Hall–Kier alpha value is -3.25. The lowest BCUT2D eigenvalue weighted by Gasteiger charge is -2.18. The van der Waals surface area contributed by atoms with Gasteiger partial charge in [-0.3, -0.25) is 0 Å². The zero-order chi connectivity index (χ0) is 23.4. The number of nitrogens with one attached hydrogen (secondary N) is 1. The lowest BCUT2D eigenvalue weighted by atomic mass is 9.98. The molecule has 3 aromatic carbocycles. The van der Waals surface area contributed by atoms with E-state index in [4.69, 9.17) is 4.74 Å². The number of carboxylic acids is 1. The quantitative estimate of drug-likeness (QED) is 0.461. The molecule has 0 saturated heterocycles. The van der Waals surface area contributed by atoms with Gasteiger partial charge in [0.1, 0.15) is 12.6 Å². The number of amides is 1. The summed E-state index contributed by atoms with van der Waals surface area (Å²) >= 11 is 1.49. The van der Waals surface area contributed by atoms with E-state index >= 15 is 0 Å². The van der Waals surface area contributed by atoms with Crippen LogP contribution in [0.4, 0.5) is 4.79 Å². The van der Waals surface area contributed by atoms with E-state index in [1.54, 1.807) is 0 Å². The van der Waals surface area contributed by atoms with Crippen LogP contribution in [0.2, 0.25) is 0 Å². The fraction of sp³-hybridized carbons (Fsp3) is 0.259. The number of ether oxygens (including phenoxy) is 1. The Morgan fingerprint density at radius 1 is 0.939 bits per heavy atom. The van der Waals surface area contributed by atoms with E-state index in [1.807, 2.05) is 68.4 Å². The summed E-state index contributed by atoms with van der Waals surface area (Å²) in [6.07, 6.45) is -0.711. The highest BCUT2D eigenvalue weighted by Gasteiger charge is 2.29. The molecule has 0 radical (unpaired) electrons. The number of rotatable bonds is 8. The number of alkyl carbamates (subject to hydrolysis) is 1. The van der Waals surface area contributed by atoms with Gasteiger partial charge in [0.15, 0.2) is 0 Å². The van der Waals surface area contributed by atoms with Gasteiger partial charge < -0.3 is 15.2 Å². The van der Waals surface area contributed by atoms with Crippen molar-refractivity contribution in [3.8, 4) is 11.1 Å². The van der Waals surface area contributed by atoms with E-state index in [0.717, 1.165) is 22.3 Å². The molecule has 5 nitrogen and oxygen atoms in total.